The van der Waals surface area contributed by atoms with Gasteiger partial charge in [0.1, 0.15) is 0 Å². The van der Waals surface area contributed by atoms with Gasteiger partial charge >= 0.3 is 0 Å². The minimum absolute atomic E-state index is 0.0933. The van der Waals surface area contributed by atoms with Crippen molar-refractivity contribution in [1.29, 1.82) is 0 Å². The van der Waals surface area contributed by atoms with Crippen LogP contribution in [-0.4, -0.2) is 32.8 Å². The molecule has 0 aliphatic carbocycles. The van der Waals surface area contributed by atoms with E-state index in [-0.39, 0.29) is 37.4 Å². The van der Waals surface area contributed by atoms with Crippen molar-refractivity contribution in [3.63, 3.8) is 0 Å². The normalized spacial score (nSPS) is 10.7. The largest absolute Gasteiger partial charge is 0.370 e. The Labute approximate surface area is 162 Å². The highest BCUT2D eigenvalue weighted by Crippen LogP contribution is 2.09. The molecule has 0 aliphatic heterocycles. The predicted octanol–water partition coefficient (Wildman–Crippen LogP) is 1.69. The second-order valence-corrected chi connectivity index (χ2v) is 6.53. The number of hydrogen-bond acceptors (Lipinski definition) is 4. The lowest BCUT2D eigenvalue weighted by atomic mass is 10.2. The highest BCUT2D eigenvalue weighted by atomic mass is 16.2. The Hall–Kier alpha value is -3.48. The van der Waals surface area contributed by atoms with Gasteiger partial charge in [-0.1, -0.05) is 42.5 Å². The van der Waals surface area contributed by atoms with Crippen LogP contribution in [0.5, 0.6) is 0 Å². The Morgan fingerprint density at radius 1 is 1.00 bits per heavy atom. The number of hydrogen-bond donors (Lipinski definition) is 1. The number of rotatable bonds is 8. The molecule has 7 nitrogen and oxygen atoms in total. The fourth-order valence-corrected chi connectivity index (χ4v) is 2.98. The van der Waals surface area contributed by atoms with Crippen LogP contribution < -0.4 is 11.3 Å². The first kappa shape index (κ1) is 19.3. The van der Waals surface area contributed by atoms with Crippen LogP contribution in [0, 0.1) is 0 Å². The topological polar surface area (TPSA) is 98.3 Å². The van der Waals surface area contributed by atoms with E-state index in [1.807, 2.05) is 36.4 Å². The monoisotopic (exact) mass is 378 g/mol. The fraction of sp³-hybridized carbons (Fsp3) is 0.238. The third-order valence-electron chi connectivity index (χ3n) is 4.50. The third kappa shape index (κ3) is 4.82. The van der Waals surface area contributed by atoms with E-state index in [1.54, 1.807) is 23.1 Å². The first-order valence-electron chi connectivity index (χ1n) is 9.09. The van der Waals surface area contributed by atoms with Gasteiger partial charge in [0.15, 0.2) is 0 Å². The third-order valence-corrected chi connectivity index (χ3v) is 4.50. The van der Waals surface area contributed by atoms with E-state index in [2.05, 4.69) is 4.98 Å². The predicted molar refractivity (Wildman–Crippen MR) is 106 cm³/mol. The van der Waals surface area contributed by atoms with Gasteiger partial charge in [-0.05, 0) is 17.7 Å². The van der Waals surface area contributed by atoms with Gasteiger partial charge in [0, 0.05) is 32.5 Å². The highest BCUT2D eigenvalue weighted by Gasteiger charge is 2.15. The average molecular weight is 378 g/mol. The molecule has 0 bridgehead atoms. The number of amides is 2. The zero-order valence-corrected chi connectivity index (χ0v) is 15.5. The van der Waals surface area contributed by atoms with Crippen molar-refractivity contribution in [1.82, 2.24) is 14.5 Å². The summed E-state index contributed by atoms with van der Waals surface area (Å²) in [5, 5.41) is 0.521. The van der Waals surface area contributed by atoms with Crippen LogP contribution in [0.1, 0.15) is 18.4 Å². The van der Waals surface area contributed by atoms with Crippen molar-refractivity contribution in [3.8, 4) is 0 Å². The van der Waals surface area contributed by atoms with Crippen LogP contribution in [0.25, 0.3) is 10.9 Å². The van der Waals surface area contributed by atoms with Crippen LogP contribution in [0.4, 0.5) is 0 Å². The van der Waals surface area contributed by atoms with Gasteiger partial charge in [-0.15, -0.1) is 0 Å². The van der Waals surface area contributed by atoms with Crippen molar-refractivity contribution in [2.75, 3.05) is 6.54 Å². The van der Waals surface area contributed by atoms with Crippen molar-refractivity contribution >= 4 is 22.7 Å². The number of aromatic nitrogens is 2. The molecule has 0 unspecified atom stereocenters. The van der Waals surface area contributed by atoms with Gasteiger partial charge in [0.05, 0.1) is 17.2 Å². The Bertz CT molecular complexity index is 1030. The van der Waals surface area contributed by atoms with E-state index in [4.69, 9.17) is 5.73 Å². The zero-order chi connectivity index (χ0) is 19.9. The van der Waals surface area contributed by atoms with Crippen LogP contribution >= 0.6 is 0 Å². The number of para-hydroxylation sites is 1. The molecule has 0 radical (unpaired) electrons. The smallest absolute Gasteiger partial charge is 0.261 e. The summed E-state index contributed by atoms with van der Waals surface area (Å²) >= 11 is 0. The van der Waals surface area contributed by atoms with Crippen molar-refractivity contribution in [2.45, 2.75) is 25.9 Å². The number of benzene rings is 2. The van der Waals surface area contributed by atoms with Crippen LogP contribution in [-0.2, 0) is 22.7 Å². The van der Waals surface area contributed by atoms with E-state index in [0.717, 1.165) is 5.56 Å². The molecule has 1 aromatic heterocycles. The average Bonchev–Trinajstić information content (AvgIpc) is 2.71. The summed E-state index contributed by atoms with van der Waals surface area (Å²) in [5.74, 6) is -0.606. The van der Waals surface area contributed by atoms with Crippen LogP contribution in [0.3, 0.4) is 0 Å². The maximum atomic E-state index is 12.7. The number of fused-ring (bicyclic) bond motifs is 1. The van der Waals surface area contributed by atoms with E-state index in [0.29, 0.717) is 17.4 Å². The molecule has 3 aromatic rings. The standard InChI is InChI=1S/C21H22N4O3/c22-19(26)10-12-24(14-16-6-2-1-3-7-16)20(27)11-13-25-15-23-18-9-5-4-8-17(18)21(25)28/h1-9,15H,10-14H2,(H2,22,26). The molecule has 0 saturated carbocycles. The molecule has 28 heavy (non-hydrogen) atoms. The summed E-state index contributed by atoms with van der Waals surface area (Å²) in [7, 11) is 0. The highest BCUT2D eigenvalue weighted by molar-refractivity contribution is 5.79. The Balaban J connectivity index is 1.71. The summed E-state index contributed by atoms with van der Waals surface area (Å²) in [6, 6.07) is 16.6. The fourth-order valence-electron chi connectivity index (χ4n) is 2.98. The Morgan fingerprint density at radius 3 is 2.46 bits per heavy atom. The van der Waals surface area contributed by atoms with Gasteiger partial charge in [0.25, 0.3) is 5.56 Å². The van der Waals surface area contributed by atoms with Crippen LogP contribution in [0.15, 0.2) is 65.7 Å². The Kier molecular flexibility index (Phi) is 6.16. The van der Waals surface area contributed by atoms with Crippen LogP contribution in [0.2, 0.25) is 0 Å². The molecule has 0 saturated heterocycles. The van der Waals surface area contributed by atoms with Gasteiger partial charge in [-0.3, -0.25) is 19.0 Å². The summed E-state index contributed by atoms with van der Waals surface area (Å²) in [5.41, 5.74) is 6.66. The minimum Gasteiger partial charge on any atom is -0.370 e. The molecular weight excluding hydrogens is 356 g/mol. The molecule has 7 heteroatoms. The molecular formula is C21H22N4O3. The number of carbonyl (C=O) groups excluding carboxylic acids is 2. The summed E-state index contributed by atoms with van der Waals surface area (Å²) in [6.07, 6.45) is 1.68. The maximum Gasteiger partial charge on any atom is 0.261 e. The number of nitrogens with two attached hydrogens (primary N) is 1. The molecule has 3 rings (SSSR count). The van der Waals surface area contributed by atoms with Gasteiger partial charge < -0.3 is 10.6 Å². The van der Waals surface area contributed by atoms with Gasteiger partial charge in [-0.25, -0.2) is 4.98 Å². The van der Waals surface area contributed by atoms with Crippen molar-refractivity contribution in [3.05, 3.63) is 76.8 Å². The summed E-state index contributed by atoms with van der Waals surface area (Å²) < 4.78 is 1.44. The molecule has 2 amide bonds. The minimum atomic E-state index is -0.458. The summed E-state index contributed by atoms with van der Waals surface area (Å²) in [4.78, 5) is 42.3. The quantitative estimate of drug-likeness (QED) is 0.645. The maximum absolute atomic E-state index is 12.7. The second-order valence-electron chi connectivity index (χ2n) is 6.53. The first-order valence-corrected chi connectivity index (χ1v) is 9.09. The molecule has 144 valence electrons. The zero-order valence-electron chi connectivity index (χ0n) is 15.5. The number of aryl methyl sites for hydroxylation is 1. The molecule has 2 aromatic carbocycles. The molecule has 0 aliphatic rings. The molecule has 0 spiro atoms. The number of carbonyl (C=O) groups is 2. The SMILES string of the molecule is NC(=O)CCN(Cc1ccccc1)C(=O)CCn1cnc2ccccc2c1=O. The molecule has 2 N–H and O–H groups in total. The molecule has 1 heterocycles. The van der Waals surface area contributed by atoms with E-state index in [9.17, 15) is 14.4 Å². The lowest BCUT2D eigenvalue weighted by Gasteiger charge is -2.22. The molecule has 0 fully saturated rings. The number of primary amides is 1. The lowest BCUT2D eigenvalue weighted by molar-refractivity contribution is -0.132. The van der Waals surface area contributed by atoms with E-state index in [1.165, 1.54) is 10.9 Å². The lowest BCUT2D eigenvalue weighted by Crippen LogP contribution is -2.35. The second kappa shape index (κ2) is 8.94. The first-order chi connectivity index (χ1) is 13.5. The van der Waals surface area contributed by atoms with Gasteiger partial charge in [-0.2, -0.15) is 0 Å². The van der Waals surface area contributed by atoms with E-state index < -0.39 is 5.91 Å². The van der Waals surface area contributed by atoms with Crippen molar-refractivity contribution in [2.24, 2.45) is 5.73 Å². The number of nitrogens with zero attached hydrogens (tertiary/aromatic N) is 3. The van der Waals surface area contributed by atoms with Gasteiger partial charge in [0.2, 0.25) is 11.8 Å². The van der Waals surface area contributed by atoms with Crippen molar-refractivity contribution < 1.29 is 9.59 Å². The molecule has 0 atom stereocenters. The van der Waals surface area contributed by atoms with E-state index >= 15 is 0 Å². The Morgan fingerprint density at radius 2 is 1.71 bits per heavy atom. The summed E-state index contributed by atoms with van der Waals surface area (Å²) in [6.45, 7) is 0.850.